The molecule has 3 rings (SSSR count). The van der Waals surface area contributed by atoms with E-state index in [1.165, 1.54) is 5.56 Å². The lowest BCUT2D eigenvalue weighted by Gasteiger charge is -2.13. The quantitative estimate of drug-likeness (QED) is 0.933. The first kappa shape index (κ1) is 13.8. The van der Waals surface area contributed by atoms with Crippen molar-refractivity contribution in [3.8, 4) is 0 Å². The summed E-state index contributed by atoms with van der Waals surface area (Å²) >= 11 is 0. The van der Waals surface area contributed by atoms with E-state index in [0.717, 1.165) is 17.7 Å². The molecule has 2 aromatic rings. The van der Waals surface area contributed by atoms with Crippen LogP contribution in [0.3, 0.4) is 0 Å². The van der Waals surface area contributed by atoms with Crippen LogP contribution in [0.5, 0.6) is 0 Å². The van der Waals surface area contributed by atoms with Gasteiger partial charge in [-0.1, -0.05) is 36.4 Å². The van der Waals surface area contributed by atoms with Crippen LogP contribution in [0.1, 0.15) is 42.1 Å². The summed E-state index contributed by atoms with van der Waals surface area (Å²) < 4.78 is 0. The molecule has 108 valence electrons. The predicted molar refractivity (Wildman–Crippen MR) is 82.8 cm³/mol. The molecule has 3 nitrogen and oxygen atoms in total. The molecule has 3 atom stereocenters. The molecule has 0 aliphatic heterocycles. The fourth-order valence-corrected chi connectivity index (χ4v) is 2.68. The Balaban J connectivity index is 1.59. The van der Waals surface area contributed by atoms with Crippen LogP contribution in [-0.2, 0) is 4.79 Å². The summed E-state index contributed by atoms with van der Waals surface area (Å²) in [6.45, 7) is 3.99. The smallest absolute Gasteiger partial charge is 0.224 e. The van der Waals surface area contributed by atoms with Crippen LogP contribution >= 0.6 is 0 Å². The second-order valence-electron chi connectivity index (χ2n) is 5.85. The molecule has 0 radical (unpaired) electrons. The first-order chi connectivity index (χ1) is 10.1. The van der Waals surface area contributed by atoms with Crippen molar-refractivity contribution in [2.24, 2.45) is 5.92 Å². The largest absolute Gasteiger partial charge is 0.348 e. The predicted octanol–water partition coefficient (Wildman–Crippen LogP) is 3.37. The number of carbonyl (C=O) groups excluding carboxylic acids is 1. The molecule has 1 aromatic carbocycles. The summed E-state index contributed by atoms with van der Waals surface area (Å²) in [4.78, 5) is 16.7. The molecule has 21 heavy (non-hydrogen) atoms. The Hall–Kier alpha value is -2.16. The average molecular weight is 280 g/mol. The van der Waals surface area contributed by atoms with Crippen molar-refractivity contribution in [1.82, 2.24) is 10.3 Å². The van der Waals surface area contributed by atoms with E-state index < -0.39 is 0 Å². The van der Waals surface area contributed by atoms with E-state index in [-0.39, 0.29) is 17.9 Å². The molecule has 0 bridgehead atoms. The van der Waals surface area contributed by atoms with Crippen molar-refractivity contribution in [3.05, 3.63) is 65.5 Å². The minimum atomic E-state index is -0.0462. The molecule has 0 saturated heterocycles. The van der Waals surface area contributed by atoms with Gasteiger partial charge in [-0.15, -0.1) is 0 Å². The molecular weight excluding hydrogens is 260 g/mol. The third-order valence-corrected chi connectivity index (χ3v) is 4.09. The van der Waals surface area contributed by atoms with Crippen molar-refractivity contribution < 1.29 is 4.79 Å². The van der Waals surface area contributed by atoms with E-state index in [1.807, 2.05) is 50.4 Å². The summed E-state index contributed by atoms with van der Waals surface area (Å²) in [5, 5.41) is 3.08. The minimum Gasteiger partial charge on any atom is -0.348 e. The van der Waals surface area contributed by atoms with Gasteiger partial charge in [0.15, 0.2) is 0 Å². The summed E-state index contributed by atoms with van der Waals surface area (Å²) in [7, 11) is 0. The zero-order chi connectivity index (χ0) is 14.8. The van der Waals surface area contributed by atoms with Gasteiger partial charge in [0.1, 0.15) is 0 Å². The van der Waals surface area contributed by atoms with Gasteiger partial charge in [0, 0.05) is 12.1 Å². The number of hydrogen-bond acceptors (Lipinski definition) is 2. The Morgan fingerprint density at radius 1 is 1.24 bits per heavy atom. The maximum atomic E-state index is 12.3. The van der Waals surface area contributed by atoms with Crippen LogP contribution in [0.15, 0.2) is 48.7 Å². The molecule has 1 heterocycles. The number of hydrogen-bond donors (Lipinski definition) is 1. The molecule has 1 N–H and O–H groups in total. The number of benzene rings is 1. The van der Waals surface area contributed by atoms with Crippen molar-refractivity contribution in [3.63, 3.8) is 0 Å². The lowest BCUT2D eigenvalue weighted by atomic mass is 10.1. The third kappa shape index (κ3) is 3.13. The number of aromatic nitrogens is 1. The van der Waals surface area contributed by atoms with Gasteiger partial charge in [0.2, 0.25) is 5.91 Å². The molecular formula is C18H20N2O. The van der Waals surface area contributed by atoms with E-state index in [4.69, 9.17) is 0 Å². The number of nitrogens with one attached hydrogen (secondary N) is 1. The molecule has 0 spiro atoms. The van der Waals surface area contributed by atoms with E-state index in [0.29, 0.717) is 5.92 Å². The van der Waals surface area contributed by atoms with Crippen LogP contribution in [0.25, 0.3) is 0 Å². The SMILES string of the molecule is Cc1ccc([C@H](C)NC(=O)[C@H]2C[C@@H]2c2ccccc2)nc1. The van der Waals surface area contributed by atoms with Crippen molar-refractivity contribution in [2.75, 3.05) is 0 Å². The molecule has 0 unspecified atom stereocenters. The van der Waals surface area contributed by atoms with Crippen molar-refractivity contribution >= 4 is 5.91 Å². The first-order valence-electron chi connectivity index (χ1n) is 7.43. The Kier molecular flexibility index (Phi) is 3.74. The van der Waals surface area contributed by atoms with Gasteiger partial charge >= 0.3 is 0 Å². The Bertz CT molecular complexity index is 621. The van der Waals surface area contributed by atoms with Crippen molar-refractivity contribution in [1.29, 1.82) is 0 Å². The Morgan fingerprint density at radius 2 is 2.00 bits per heavy atom. The number of nitrogens with zero attached hydrogens (tertiary/aromatic N) is 1. The van der Waals surface area contributed by atoms with Crippen LogP contribution in [-0.4, -0.2) is 10.9 Å². The molecule has 3 heteroatoms. The van der Waals surface area contributed by atoms with Gasteiger partial charge < -0.3 is 5.32 Å². The summed E-state index contributed by atoms with van der Waals surface area (Å²) in [6.07, 6.45) is 2.78. The highest BCUT2D eigenvalue weighted by molar-refractivity contribution is 5.83. The Morgan fingerprint density at radius 3 is 2.67 bits per heavy atom. The second kappa shape index (κ2) is 5.68. The van der Waals surface area contributed by atoms with Gasteiger partial charge in [-0.3, -0.25) is 9.78 Å². The zero-order valence-electron chi connectivity index (χ0n) is 12.4. The van der Waals surface area contributed by atoms with Gasteiger partial charge in [0.25, 0.3) is 0 Å². The van der Waals surface area contributed by atoms with E-state index in [9.17, 15) is 4.79 Å². The maximum absolute atomic E-state index is 12.3. The number of aryl methyl sites for hydroxylation is 1. The highest BCUT2D eigenvalue weighted by Gasteiger charge is 2.44. The molecule has 1 saturated carbocycles. The van der Waals surface area contributed by atoms with E-state index >= 15 is 0 Å². The van der Waals surface area contributed by atoms with Crippen LogP contribution < -0.4 is 5.32 Å². The molecule has 1 aromatic heterocycles. The van der Waals surface area contributed by atoms with Crippen LogP contribution in [0.4, 0.5) is 0 Å². The second-order valence-corrected chi connectivity index (χ2v) is 5.85. The van der Waals surface area contributed by atoms with Gasteiger partial charge in [0.05, 0.1) is 11.7 Å². The highest BCUT2D eigenvalue weighted by atomic mass is 16.2. The minimum absolute atomic E-state index is 0.0462. The number of pyridine rings is 1. The highest BCUT2D eigenvalue weighted by Crippen LogP contribution is 2.47. The van der Waals surface area contributed by atoms with E-state index in [2.05, 4.69) is 22.4 Å². The van der Waals surface area contributed by atoms with Gasteiger partial charge in [-0.25, -0.2) is 0 Å². The Labute approximate surface area is 125 Å². The molecule has 1 aliphatic rings. The number of carbonyl (C=O) groups is 1. The fourth-order valence-electron chi connectivity index (χ4n) is 2.68. The maximum Gasteiger partial charge on any atom is 0.224 e. The van der Waals surface area contributed by atoms with Gasteiger partial charge in [-0.05, 0) is 43.4 Å². The lowest BCUT2D eigenvalue weighted by molar-refractivity contribution is -0.123. The monoisotopic (exact) mass is 280 g/mol. The van der Waals surface area contributed by atoms with Crippen molar-refractivity contribution in [2.45, 2.75) is 32.2 Å². The summed E-state index contributed by atoms with van der Waals surface area (Å²) in [5.74, 6) is 0.628. The molecule has 1 amide bonds. The normalized spacial score (nSPS) is 21.6. The fraction of sp³-hybridized carbons (Fsp3) is 0.333. The van der Waals surface area contributed by atoms with Gasteiger partial charge in [-0.2, -0.15) is 0 Å². The van der Waals surface area contributed by atoms with Crippen LogP contribution in [0.2, 0.25) is 0 Å². The number of amides is 1. The summed E-state index contributed by atoms with van der Waals surface area (Å²) in [5.41, 5.74) is 3.30. The van der Waals surface area contributed by atoms with E-state index in [1.54, 1.807) is 0 Å². The first-order valence-corrected chi connectivity index (χ1v) is 7.43. The standard InChI is InChI=1S/C18H20N2O/c1-12-8-9-17(19-11-12)13(2)20-18(21)16-10-15(16)14-6-4-3-5-7-14/h3-9,11,13,15-16H,10H2,1-2H3,(H,20,21)/t13-,15+,16-/m0/s1. The summed E-state index contributed by atoms with van der Waals surface area (Å²) in [6, 6.07) is 14.2. The molecule has 1 aliphatic carbocycles. The lowest BCUT2D eigenvalue weighted by Crippen LogP contribution is -2.28. The number of rotatable bonds is 4. The topological polar surface area (TPSA) is 42.0 Å². The molecule has 1 fully saturated rings. The third-order valence-electron chi connectivity index (χ3n) is 4.09. The van der Waals surface area contributed by atoms with Crippen LogP contribution in [0, 0.1) is 12.8 Å². The zero-order valence-corrected chi connectivity index (χ0v) is 12.4. The average Bonchev–Trinajstić information content (AvgIpc) is 3.29.